The van der Waals surface area contributed by atoms with E-state index in [0.717, 1.165) is 17.0 Å². The largest absolute Gasteiger partial charge is 0.494 e. The number of rotatable bonds is 6. The van der Waals surface area contributed by atoms with Gasteiger partial charge in [0.1, 0.15) is 0 Å². The molecule has 0 aliphatic carbocycles. The van der Waals surface area contributed by atoms with Crippen molar-refractivity contribution in [3.63, 3.8) is 0 Å². The summed E-state index contributed by atoms with van der Waals surface area (Å²) < 4.78 is 18.5. The maximum Gasteiger partial charge on any atom is 0.228 e. The molecule has 3 nitrogen and oxygen atoms in total. The molecule has 0 radical (unpaired) electrons. The van der Waals surface area contributed by atoms with Crippen LogP contribution < -0.4 is 10.1 Å². The molecule has 0 bridgehead atoms. The second-order valence-corrected chi connectivity index (χ2v) is 5.69. The van der Waals surface area contributed by atoms with Gasteiger partial charge in [-0.2, -0.15) is 11.8 Å². The van der Waals surface area contributed by atoms with E-state index >= 15 is 0 Å². The van der Waals surface area contributed by atoms with Crippen LogP contribution in [-0.2, 0) is 17.0 Å². The van der Waals surface area contributed by atoms with Crippen LogP contribution >= 0.6 is 11.8 Å². The van der Waals surface area contributed by atoms with Crippen LogP contribution in [0.2, 0.25) is 0 Å². The number of nitrogens with one attached hydrogen (secondary N) is 1. The lowest BCUT2D eigenvalue weighted by Gasteiger charge is -2.08. The van der Waals surface area contributed by atoms with Crippen molar-refractivity contribution in [2.75, 3.05) is 18.7 Å². The quantitative estimate of drug-likeness (QED) is 0.878. The van der Waals surface area contributed by atoms with E-state index in [9.17, 15) is 9.18 Å². The van der Waals surface area contributed by atoms with E-state index in [1.807, 2.05) is 30.5 Å². The number of halogens is 1. The third-order valence-corrected chi connectivity index (χ3v) is 3.72. The van der Waals surface area contributed by atoms with E-state index in [-0.39, 0.29) is 18.1 Å². The Morgan fingerprint density at radius 1 is 1.23 bits per heavy atom. The molecule has 2 rings (SSSR count). The molecule has 116 valence electrons. The monoisotopic (exact) mass is 319 g/mol. The van der Waals surface area contributed by atoms with Crippen LogP contribution in [0.25, 0.3) is 0 Å². The Labute approximate surface area is 133 Å². The highest BCUT2D eigenvalue weighted by Gasteiger charge is 2.08. The summed E-state index contributed by atoms with van der Waals surface area (Å²) in [6.07, 6.45) is 2.15. The van der Waals surface area contributed by atoms with Gasteiger partial charge in [0.05, 0.1) is 13.5 Å². The fourth-order valence-corrected chi connectivity index (χ4v) is 2.63. The van der Waals surface area contributed by atoms with Crippen molar-refractivity contribution in [1.82, 2.24) is 0 Å². The molecule has 0 unspecified atom stereocenters. The highest BCUT2D eigenvalue weighted by molar-refractivity contribution is 7.97. The van der Waals surface area contributed by atoms with Crippen LogP contribution in [-0.4, -0.2) is 19.3 Å². The van der Waals surface area contributed by atoms with Crippen molar-refractivity contribution in [3.05, 3.63) is 59.4 Å². The van der Waals surface area contributed by atoms with E-state index in [2.05, 4.69) is 5.32 Å². The highest BCUT2D eigenvalue weighted by Crippen LogP contribution is 2.19. The molecule has 1 N–H and O–H groups in total. The Morgan fingerprint density at radius 2 is 2.05 bits per heavy atom. The number of amides is 1. The molecule has 22 heavy (non-hydrogen) atoms. The first kappa shape index (κ1) is 16.4. The summed E-state index contributed by atoms with van der Waals surface area (Å²) in [5, 5.41) is 2.84. The Bertz CT molecular complexity index is 661. The minimum absolute atomic E-state index is 0.119. The van der Waals surface area contributed by atoms with E-state index < -0.39 is 5.82 Å². The molecule has 5 heteroatoms. The summed E-state index contributed by atoms with van der Waals surface area (Å²) >= 11 is 1.72. The summed E-state index contributed by atoms with van der Waals surface area (Å²) in [5.41, 5.74) is 2.52. The van der Waals surface area contributed by atoms with Crippen molar-refractivity contribution in [1.29, 1.82) is 0 Å². The van der Waals surface area contributed by atoms with Gasteiger partial charge in [-0.15, -0.1) is 0 Å². The van der Waals surface area contributed by atoms with E-state index in [1.165, 1.54) is 19.2 Å². The van der Waals surface area contributed by atoms with Gasteiger partial charge in [-0.05, 0) is 41.6 Å². The number of ether oxygens (including phenoxy) is 1. The van der Waals surface area contributed by atoms with Crippen LogP contribution in [0, 0.1) is 5.82 Å². The molecule has 1 amide bonds. The van der Waals surface area contributed by atoms with Gasteiger partial charge in [-0.1, -0.05) is 18.2 Å². The van der Waals surface area contributed by atoms with Crippen molar-refractivity contribution in [2.24, 2.45) is 0 Å². The summed E-state index contributed by atoms with van der Waals surface area (Å²) in [7, 11) is 1.41. The van der Waals surface area contributed by atoms with Gasteiger partial charge >= 0.3 is 0 Å². The molecule has 2 aromatic carbocycles. The number of carbonyl (C=O) groups excluding carboxylic acids is 1. The standard InChI is InChI=1S/C17H18FNO2S/c1-21-16-7-6-12(9-15(16)18)10-17(20)19-14-5-3-4-13(8-14)11-22-2/h3-9H,10-11H2,1-2H3,(H,19,20). The number of hydrogen-bond donors (Lipinski definition) is 1. The molecule has 0 fully saturated rings. The zero-order valence-electron chi connectivity index (χ0n) is 12.6. The van der Waals surface area contributed by atoms with Gasteiger partial charge in [-0.3, -0.25) is 4.79 Å². The Balaban J connectivity index is 2.00. The highest BCUT2D eigenvalue weighted by atomic mass is 32.2. The molecule has 0 saturated heterocycles. The molecular formula is C17H18FNO2S. The molecule has 0 atom stereocenters. The van der Waals surface area contributed by atoms with E-state index in [4.69, 9.17) is 4.74 Å². The van der Waals surface area contributed by atoms with E-state index in [1.54, 1.807) is 17.8 Å². The summed E-state index contributed by atoms with van der Waals surface area (Å²) in [5.74, 6) is 0.433. The molecular weight excluding hydrogens is 301 g/mol. The minimum Gasteiger partial charge on any atom is -0.494 e. The Morgan fingerprint density at radius 3 is 2.73 bits per heavy atom. The molecule has 0 spiro atoms. The van der Waals surface area contributed by atoms with Gasteiger partial charge in [0, 0.05) is 11.4 Å². The fourth-order valence-electron chi connectivity index (χ4n) is 2.12. The molecule has 0 aliphatic rings. The molecule has 2 aromatic rings. The lowest BCUT2D eigenvalue weighted by atomic mass is 10.1. The van der Waals surface area contributed by atoms with Crippen LogP contribution in [0.1, 0.15) is 11.1 Å². The molecule has 0 aliphatic heterocycles. The van der Waals surface area contributed by atoms with Gasteiger partial charge in [0.25, 0.3) is 0 Å². The first-order valence-corrected chi connectivity index (χ1v) is 8.22. The van der Waals surface area contributed by atoms with Crippen molar-refractivity contribution in [3.8, 4) is 5.75 Å². The second-order valence-electron chi connectivity index (χ2n) is 4.83. The van der Waals surface area contributed by atoms with Crippen molar-refractivity contribution >= 4 is 23.4 Å². The summed E-state index contributed by atoms with van der Waals surface area (Å²) in [6, 6.07) is 12.3. The van der Waals surface area contributed by atoms with Crippen LogP contribution in [0.3, 0.4) is 0 Å². The maximum atomic E-state index is 13.6. The zero-order chi connectivity index (χ0) is 15.9. The summed E-state index contributed by atoms with van der Waals surface area (Å²) in [4.78, 5) is 12.0. The van der Waals surface area contributed by atoms with E-state index in [0.29, 0.717) is 5.56 Å². The van der Waals surface area contributed by atoms with Gasteiger partial charge in [-0.25, -0.2) is 4.39 Å². The molecule has 0 aromatic heterocycles. The van der Waals surface area contributed by atoms with Crippen LogP contribution in [0.4, 0.5) is 10.1 Å². The predicted molar refractivity (Wildman–Crippen MR) is 88.9 cm³/mol. The first-order chi connectivity index (χ1) is 10.6. The number of carbonyl (C=O) groups is 1. The number of anilines is 1. The number of benzene rings is 2. The lowest BCUT2D eigenvalue weighted by Crippen LogP contribution is -2.14. The third kappa shape index (κ3) is 4.49. The number of hydrogen-bond acceptors (Lipinski definition) is 3. The average molecular weight is 319 g/mol. The maximum absolute atomic E-state index is 13.6. The Kier molecular flexibility index (Phi) is 5.83. The normalized spacial score (nSPS) is 10.3. The van der Waals surface area contributed by atoms with Gasteiger partial charge in [0.15, 0.2) is 11.6 Å². The Hall–Kier alpha value is -2.01. The van der Waals surface area contributed by atoms with Crippen LogP contribution in [0.5, 0.6) is 5.75 Å². The SMILES string of the molecule is COc1ccc(CC(=O)Nc2cccc(CSC)c2)cc1F. The minimum atomic E-state index is -0.463. The fraction of sp³-hybridized carbons (Fsp3) is 0.235. The van der Waals surface area contributed by atoms with Crippen molar-refractivity contribution in [2.45, 2.75) is 12.2 Å². The topological polar surface area (TPSA) is 38.3 Å². The smallest absolute Gasteiger partial charge is 0.228 e. The number of thioether (sulfide) groups is 1. The molecule has 0 heterocycles. The van der Waals surface area contributed by atoms with Crippen molar-refractivity contribution < 1.29 is 13.9 Å². The van der Waals surface area contributed by atoms with Gasteiger partial charge in [0.2, 0.25) is 5.91 Å². The number of methoxy groups -OCH3 is 1. The average Bonchev–Trinajstić information content (AvgIpc) is 2.48. The van der Waals surface area contributed by atoms with Gasteiger partial charge < -0.3 is 10.1 Å². The predicted octanol–water partition coefficient (Wildman–Crippen LogP) is 3.88. The summed E-state index contributed by atoms with van der Waals surface area (Å²) in [6.45, 7) is 0. The lowest BCUT2D eigenvalue weighted by molar-refractivity contribution is -0.115. The zero-order valence-corrected chi connectivity index (χ0v) is 13.4. The first-order valence-electron chi connectivity index (χ1n) is 6.82. The third-order valence-electron chi connectivity index (χ3n) is 3.10. The molecule has 0 saturated carbocycles. The second kappa shape index (κ2) is 7.84. The van der Waals surface area contributed by atoms with Crippen LogP contribution in [0.15, 0.2) is 42.5 Å².